The molecule has 0 aliphatic heterocycles. The number of carbonyl (C=O) groups is 2. The first-order chi connectivity index (χ1) is 8.16. The Balaban J connectivity index is 2.18. The third-order valence-electron chi connectivity index (χ3n) is 2.16. The maximum absolute atomic E-state index is 11.9. The summed E-state index contributed by atoms with van der Waals surface area (Å²) in [6.45, 7) is 1.43. The summed E-state index contributed by atoms with van der Waals surface area (Å²) in [7, 11) is 0. The van der Waals surface area contributed by atoms with Crippen molar-refractivity contribution in [2.45, 2.75) is 6.92 Å². The van der Waals surface area contributed by atoms with Crippen LogP contribution in [-0.2, 0) is 4.79 Å². The van der Waals surface area contributed by atoms with Crippen molar-refractivity contribution in [2.75, 3.05) is 5.32 Å². The summed E-state index contributed by atoms with van der Waals surface area (Å²) in [5.41, 5.74) is 1.18. The first-order valence-corrected chi connectivity index (χ1v) is 5.09. The fraction of sp³-hybridized carbons (Fsp3) is 0.0833. The fourth-order valence-electron chi connectivity index (χ4n) is 1.42. The standard InChI is InChI=1S/C12H11N3O2/c1-9(16)14-11-5-3-10(4-6-11)12(17)15-8-2-7-13-15/h2-8H,1H3,(H,14,16). The first kappa shape index (κ1) is 11.1. The molecular formula is C12H11N3O2. The van der Waals surface area contributed by atoms with Gasteiger partial charge in [0.15, 0.2) is 0 Å². The van der Waals surface area contributed by atoms with Gasteiger partial charge < -0.3 is 5.32 Å². The Morgan fingerprint density at radius 2 is 1.94 bits per heavy atom. The van der Waals surface area contributed by atoms with E-state index >= 15 is 0 Å². The number of carbonyl (C=O) groups excluding carboxylic acids is 2. The lowest BCUT2D eigenvalue weighted by molar-refractivity contribution is -0.114. The number of aromatic nitrogens is 2. The number of rotatable bonds is 2. The number of hydrogen-bond donors (Lipinski definition) is 1. The molecule has 86 valence electrons. The van der Waals surface area contributed by atoms with E-state index in [-0.39, 0.29) is 11.8 Å². The molecule has 0 aliphatic rings. The molecule has 0 aliphatic carbocycles. The van der Waals surface area contributed by atoms with Crippen LogP contribution in [0, 0.1) is 0 Å². The average Bonchev–Trinajstić information content (AvgIpc) is 2.82. The molecule has 0 saturated carbocycles. The van der Waals surface area contributed by atoms with Crippen LogP contribution in [-0.4, -0.2) is 21.6 Å². The van der Waals surface area contributed by atoms with Crippen molar-refractivity contribution in [1.29, 1.82) is 0 Å². The van der Waals surface area contributed by atoms with E-state index in [4.69, 9.17) is 0 Å². The van der Waals surface area contributed by atoms with Crippen molar-refractivity contribution in [3.63, 3.8) is 0 Å². The number of hydrogen-bond acceptors (Lipinski definition) is 3. The van der Waals surface area contributed by atoms with Crippen LogP contribution < -0.4 is 5.32 Å². The maximum atomic E-state index is 11.9. The van der Waals surface area contributed by atoms with Crippen molar-refractivity contribution in [3.05, 3.63) is 48.3 Å². The Morgan fingerprint density at radius 1 is 1.24 bits per heavy atom. The van der Waals surface area contributed by atoms with Crippen LogP contribution in [0.4, 0.5) is 5.69 Å². The normalized spacial score (nSPS) is 9.94. The molecule has 0 saturated heterocycles. The van der Waals surface area contributed by atoms with E-state index in [0.717, 1.165) is 0 Å². The highest BCUT2D eigenvalue weighted by molar-refractivity contribution is 5.96. The molecule has 5 nitrogen and oxygen atoms in total. The van der Waals surface area contributed by atoms with Crippen LogP contribution >= 0.6 is 0 Å². The van der Waals surface area contributed by atoms with Gasteiger partial charge >= 0.3 is 0 Å². The molecule has 17 heavy (non-hydrogen) atoms. The van der Waals surface area contributed by atoms with Crippen LogP contribution in [0.5, 0.6) is 0 Å². The van der Waals surface area contributed by atoms with Crippen LogP contribution in [0.3, 0.4) is 0 Å². The summed E-state index contributed by atoms with van der Waals surface area (Å²) in [5, 5.41) is 6.49. The third-order valence-corrected chi connectivity index (χ3v) is 2.16. The highest BCUT2D eigenvalue weighted by Crippen LogP contribution is 2.10. The van der Waals surface area contributed by atoms with Crippen molar-refractivity contribution in [3.8, 4) is 0 Å². The minimum Gasteiger partial charge on any atom is -0.326 e. The lowest BCUT2D eigenvalue weighted by Crippen LogP contribution is -2.12. The minimum atomic E-state index is -0.204. The molecule has 0 spiro atoms. The second-order valence-electron chi connectivity index (χ2n) is 3.51. The molecule has 0 bridgehead atoms. The minimum absolute atomic E-state index is 0.142. The summed E-state index contributed by atoms with van der Waals surface area (Å²) in [6.07, 6.45) is 3.13. The van der Waals surface area contributed by atoms with Gasteiger partial charge in [0.25, 0.3) is 5.91 Å². The van der Waals surface area contributed by atoms with Crippen molar-refractivity contribution in [2.24, 2.45) is 0 Å². The Morgan fingerprint density at radius 3 is 2.47 bits per heavy atom. The van der Waals surface area contributed by atoms with Gasteiger partial charge in [0.2, 0.25) is 5.91 Å². The van der Waals surface area contributed by atoms with Gasteiger partial charge in [-0.05, 0) is 30.3 Å². The van der Waals surface area contributed by atoms with E-state index in [1.807, 2.05) is 0 Å². The van der Waals surface area contributed by atoms with Crippen molar-refractivity contribution >= 4 is 17.5 Å². The predicted molar refractivity (Wildman–Crippen MR) is 62.7 cm³/mol. The number of benzene rings is 1. The number of nitrogens with one attached hydrogen (secondary N) is 1. The second kappa shape index (κ2) is 4.61. The van der Waals surface area contributed by atoms with Gasteiger partial charge in [0, 0.05) is 30.6 Å². The first-order valence-electron chi connectivity index (χ1n) is 5.09. The molecule has 2 aromatic rings. The molecular weight excluding hydrogens is 218 g/mol. The Hall–Kier alpha value is -2.43. The quantitative estimate of drug-likeness (QED) is 0.849. The molecule has 1 aromatic heterocycles. The molecule has 0 fully saturated rings. The lowest BCUT2D eigenvalue weighted by Gasteiger charge is -2.03. The van der Waals surface area contributed by atoms with Gasteiger partial charge in [0.05, 0.1) is 0 Å². The number of nitrogens with zero attached hydrogens (tertiary/aromatic N) is 2. The van der Waals surface area contributed by atoms with Crippen LogP contribution in [0.15, 0.2) is 42.7 Å². The fourth-order valence-corrected chi connectivity index (χ4v) is 1.42. The van der Waals surface area contributed by atoms with E-state index < -0.39 is 0 Å². The predicted octanol–water partition coefficient (Wildman–Crippen LogP) is 1.53. The molecule has 0 atom stereocenters. The van der Waals surface area contributed by atoms with Crippen LogP contribution in [0.1, 0.15) is 17.3 Å². The molecule has 2 rings (SSSR count). The smallest absolute Gasteiger partial charge is 0.278 e. The van der Waals surface area contributed by atoms with Gasteiger partial charge in [-0.1, -0.05) is 0 Å². The summed E-state index contributed by atoms with van der Waals surface area (Å²) in [4.78, 5) is 22.7. The second-order valence-corrected chi connectivity index (χ2v) is 3.51. The molecule has 5 heteroatoms. The van der Waals surface area contributed by atoms with E-state index in [1.165, 1.54) is 11.6 Å². The zero-order valence-electron chi connectivity index (χ0n) is 9.25. The highest BCUT2D eigenvalue weighted by atomic mass is 16.2. The molecule has 1 N–H and O–H groups in total. The van der Waals surface area contributed by atoms with Gasteiger partial charge in [0.1, 0.15) is 0 Å². The molecule has 1 heterocycles. The summed E-state index contributed by atoms with van der Waals surface area (Å²) in [5.74, 6) is -0.347. The molecule has 0 radical (unpaired) electrons. The van der Waals surface area contributed by atoms with E-state index in [1.54, 1.807) is 42.7 Å². The highest BCUT2D eigenvalue weighted by Gasteiger charge is 2.07. The van der Waals surface area contributed by atoms with Crippen LogP contribution in [0.25, 0.3) is 0 Å². The SMILES string of the molecule is CC(=O)Nc1ccc(C(=O)n2cccn2)cc1. The van der Waals surface area contributed by atoms with Gasteiger partial charge in [-0.3, -0.25) is 9.59 Å². The third kappa shape index (κ3) is 2.57. The average molecular weight is 229 g/mol. The van der Waals surface area contributed by atoms with Crippen molar-refractivity contribution < 1.29 is 9.59 Å². The Bertz CT molecular complexity index is 529. The van der Waals surface area contributed by atoms with Crippen molar-refractivity contribution in [1.82, 2.24) is 9.78 Å². The Labute approximate surface area is 98.1 Å². The molecule has 0 unspecified atom stereocenters. The number of anilines is 1. The largest absolute Gasteiger partial charge is 0.326 e. The molecule has 1 aromatic carbocycles. The summed E-state index contributed by atoms with van der Waals surface area (Å²) in [6, 6.07) is 8.34. The van der Waals surface area contributed by atoms with Gasteiger partial charge in [-0.25, -0.2) is 4.68 Å². The monoisotopic (exact) mass is 229 g/mol. The van der Waals surface area contributed by atoms with Gasteiger partial charge in [-0.15, -0.1) is 0 Å². The van der Waals surface area contributed by atoms with E-state index in [9.17, 15) is 9.59 Å². The summed E-state index contributed by atoms with van der Waals surface area (Å²) < 4.78 is 1.26. The van der Waals surface area contributed by atoms with Gasteiger partial charge in [-0.2, -0.15) is 5.10 Å². The zero-order chi connectivity index (χ0) is 12.3. The summed E-state index contributed by atoms with van der Waals surface area (Å²) >= 11 is 0. The van der Waals surface area contributed by atoms with Crippen LogP contribution in [0.2, 0.25) is 0 Å². The number of amides is 1. The Kier molecular flexibility index (Phi) is 3.00. The van der Waals surface area contributed by atoms with E-state index in [2.05, 4.69) is 10.4 Å². The maximum Gasteiger partial charge on any atom is 0.278 e. The zero-order valence-corrected chi connectivity index (χ0v) is 9.25. The lowest BCUT2D eigenvalue weighted by atomic mass is 10.2. The van der Waals surface area contributed by atoms with E-state index in [0.29, 0.717) is 11.3 Å². The molecule has 1 amide bonds. The topological polar surface area (TPSA) is 64.0 Å².